The molecule has 26 heavy (non-hydrogen) atoms. The van der Waals surface area contributed by atoms with Crippen LogP contribution in [-0.4, -0.2) is 25.8 Å². The van der Waals surface area contributed by atoms with Crippen molar-refractivity contribution < 1.29 is 14.2 Å². The molecule has 0 spiro atoms. The van der Waals surface area contributed by atoms with Gasteiger partial charge in [0, 0.05) is 18.2 Å². The van der Waals surface area contributed by atoms with Gasteiger partial charge in [-0.1, -0.05) is 12.1 Å². The second-order valence-electron chi connectivity index (χ2n) is 6.07. The molecule has 3 rings (SSSR count). The van der Waals surface area contributed by atoms with Crippen LogP contribution in [0.15, 0.2) is 41.4 Å². The van der Waals surface area contributed by atoms with E-state index in [9.17, 15) is 0 Å². The molecule has 6 heteroatoms. The predicted octanol–water partition coefficient (Wildman–Crippen LogP) is 3.48. The Kier molecular flexibility index (Phi) is 5.84. The number of rotatable bonds is 5. The highest BCUT2D eigenvalue weighted by molar-refractivity contribution is 5.92. The fraction of sp³-hybridized carbons (Fsp3) is 0.350. The van der Waals surface area contributed by atoms with Crippen LogP contribution in [0.3, 0.4) is 0 Å². The summed E-state index contributed by atoms with van der Waals surface area (Å²) in [5.41, 5.74) is 9.01. The summed E-state index contributed by atoms with van der Waals surface area (Å²) >= 11 is 0. The first-order chi connectivity index (χ1) is 12.7. The number of hydrogen-bond acceptors (Lipinski definition) is 4. The lowest BCUT2D eigenvalue weighted by Crippen LogP contribution is -2.22. The molecule has 0 aromatic heterocycles. The molecular formula is C20H25N3O3. The second kappa shape index (κ2) is 8.47. The number of ether oxygens (including phenoxy) is 3. The van der Waals surface area contributed by atoms with Crippen molar-refractivity contribution in [2.45, 2.75) is 26.8 Å². The number of fused-ring (bicyclic) bond motifs is 1. The van der Waals surface area contributed by atoms with Crippen molar-refractivity contribution in [2.75, 3.05) is 25.1 Å². The van der Waals surface area contributed by atoms with E-state index in [-0.39, 0.29) is 0 Å². The van der Waals surface area contributed by atoms with Crippen LogP contribution < -0.4 is 25.3 Å². The standard InChI is InChI=1S/C20H25N3O3/c1-3-24-17-7-5-15(11-14(17)2)13-22-20(21)23-16-6-8-18-19(12-16)26-10-4-9-25-18/h5-8,11-12H,3-4,9-10,13H2,1-2H3,(H3,21,22,23). The molecule has 0 saturated carbocycles. The van der Waals surface area contributed by atoms with E-state index in [1.807, 2.05) is 44.2 Å². The van der Waals surface area contributed by atoms with E-state index < -0.39 is 0 Å². The van der Waals surface area contributed by atoms with Crippen molar-refractivity contribution in [3.05, 3.63) is 47.5 Å². The summed E-state index contributed by atoms with van der Waals surface area (Å²) in [5, 5.41) is 3.10. The van der Waals surface area contributed by atoms with Crippen LogP contribution in [0.5, 0.6) is 17.2 Å². The molecule has 2 aromatic carbocycles. The van der Waals surface area contributed by atoms with Crippen molar-refractivity contribution in [2.24, 2.45) is 10.7 Å². The summed E-state index contributed by atoms with van der Waals surface area (Å²) in [7, 11) is 0. The van der Waals surface area contributed by atoms with E-state index in [2.05, 4.69) is 16.4 Å². The van der Waals surface area contributed by atoms with Gasteiger partial charge in [0.25, 0.3) is 0 Å². The van der Waals surface area contributed by atoms with Crippen molar-refractivity contribution in [3.8, 4) is 17.2 Å². The van der Waals surface area contributed by atoms with Crippen LogP contribution in [0.2, 0.25) is 0 Å². The highest BCUT2D eigenvalue weighted by Crippen LogP contribution is 2.32. The lowest BCUT2D eigenvalue weighted by molar-refractivity contribution is 0.297. The number of nitrogens with two attached hydrogens (primary N) is 1. The van der Waals surface area contributed by atoms with Gasteiger partial charge in [0.05, 0.1) is 26.4 Å². The maximum absolute atomic E-state index is 6.02. The Morgan fingerprint density at radius 1 is 1.15 bits per heavy atom. The fourth-order valence-corrected chi connectivity index (χ4v) is 2.73. The molecule has 0 saturated heterocycles. The Hall–Kier alpha value is -2.89. The zero-order chi connectivity index (χ0) is 18.4. The number of guanidine groups is 1. The molecule has 6 nitrogen and oxygen atoms in total. The quantitative estimate of drug-likeness (QED) is 0.634. The molecule has 0 bridgehead atoms. The maximum atomic E-state index is 6.02. The van der Waals surface area contributed by atoms with Crippen molar-refractivity contribution in [1.82, 2.24) is 0 Å². The molecule has 0 unspecified atom stereocenters. The smallest absolute Gasteiger partial charge is 0.193 e. The van der Waals surface area contributed by atoms with E-state index in [0.717, 1.165) is 40.5 Å². The van der Waals surface area contributed by atoms with Crippen LogP contribution >= 0.6 is 0 Å². The molecule has 138 valence electrons. The number of nitrogens with zero attached hydrogens (tertiary/aromatic N) is 1. The first-order valence-electron chi connectivity index (χ1n) is 8.84. The van der Waals surface area contributed by atoms with Gasteiger partial charge in [-0.15, -0.1) is 0 Å². The summed E-state index contributed by atoms with van der Waals surface area (Å²) in [6.07, 6.45) is 0.878. The van der Waals surface area contributed by atoms with Crippen LogP contribution in [0.25, 0.3) is 0 Å². The summed E-state index contributed by atoms with van der Waals surface area (Å²) < 4.78 is 16.9. The van der Waals surface area contributed by atoms with Gasteiger partial charge in [-0.25, -0.2) is 4.99 Å². The molecule has 0 fully saturated rings. The number of aryl methyl sites for hydroxylation is 1. The first kappa shape index (κ1) is 17.9. The van der Waals surface area contributed by atoms with Crippen LogP contribution in [0, 0.1) is 6.92 Å². The normalized spacial score (nSPS) is 13.8. The lowest BCUT2D eigenvalue weighted by Gasteiger charge is -2.11. The summed E-state index contributed by atoms with van der Waals surface area (Å²) in [4.78, 5) is 4.41. The van der Waals surface area contributed by atoms with Gasteiger partial charge in [0.1, 0.15) is 5.75 Å². The number of hydrogen-bond donors (Lipinski definition) is 2. The number of anilines is 1. The summed E-state index contributed by atoms with van der Waals surface area (Å²) in [6, 6.07) is 11.7. The van der Waals surface area contributed by atoms with E-state index in [1.165, 1.54) is 0 Å². The van der Waals surface area contributed by atoms with Crippen molar-refractivity contribution >= 4 is 11.6 Å². The van der Waals surface area contributed by atoms with E-state index in [4.69, 9.17) is 19.9 Å². The van der Waals surface area contributed by atoms with Crippen molar-refractivity contribution in [1.29, 1.82) is 0 Å². The van der Waals surface area contributed by atoms with E-state index >= 15 is 0 Å². The zero-order valence-electron chi connectivity index (χ0n) is 15.2. The van der Waals surface area contributed by atoms with Gasteiger partial charge in [-0.2, -0.15) is 0 Å². The summed E-state index contributed by atoms with van der Waals surface area (Å²) in [6.45, 7) is 6.48. The minimum absolute atomic E-state index is 0.353. The zero-order valence-corrected chi connectivity index (χ0v) is 15.2. The Morgan fingerprint density at radius 3 is 2.73 bits per heavy atom. The minimum Gasteiger partial charge on any atom is -0.494 e. The Labute approximate surface area is 154 Å². The average Bonchev–Trinajstić information content (AvgIpc) is 2.87. The molecule has 1 aliphatic heterocycles. The third-order valence-corrected chi connectivity index (χ3v) is 3.99. The van der Waals surface area contributed by atoms with Gasteiger partial charge < -0.3 is 25.3 Å². The molecule has 1 heterocycles. The third-order valence-electron chi connectivity index (χ3n) is 3.99. The number of nitrogens with one attached hydrogen (secondary N) is 1. The Balaban J connectivity index is 1.63. The Bertz CT molecular complexity index is 790. The molecule has 0 amide bonds. The van der Waals surface area contributed by atoms with E-state index in [1.54, 1.807) is 0 Å². The van der Waals surface area contributed by atoms with Gasteiger partial charge >= 0.3 is 0 Å². The third kappa shape index (κ3) is 4.59. The topological polar surface area (TPSA) is 78.1 Å². The minimum atomic E-state index is 0.353. The summed E-state index contributed by atoms with van der Waals surface area (Å²) in [5.74, 6) is 2.74. The molecule has 0 atom stereocenters. The van der Waals surface area contributed by atoms with Gasteiger partial charge in [-0.3, -0.25) is 0 Å². The van der Waals surface area contributed by atoms with Crippen molar-refractivity contribution in [3.63, 3.8) is 0 Å². The van der Waals surface area contributed by atoms with Gasteiger partial charge in [-0.05, 0) is 43.2 Å². The van der Waals surface area contributed by atoms with E-state index in [0.29, 0.717) is 32.3 Å². The lowest BCUT2D eigenvalue weighted by atomic mass is 10.1. The average molecular weight is 355 g/mol. The SMILES string of the molecule is CCOc1ccc(CN=C(N)Nc2ccc3c(c2)OCCCO3)cc1C. The molecule has 0 aliphatic carbocycles. The van der Waals surface area contributed by atoms with Crippen LogP contribution in [0.1, 0.15) is 24.5 Å². The largest absolute Gasteiger partial charge is 0.494 e. The second-order valence-corrected chi connectivity index (χ2v) is 6.07. The van der Waals surface area contributed by atoms with Crippen LogP contribution in [-0.2, 0) is 6.54 Å². The molecule has 1 aliphatic rings. The molecular weight excluding hydrogens is 330 g/mol. The molecule has 0 radical (unpaired) electrons. The number of aliphatic imine (C=N–C) groups is 1. The maximum Gasteiger partial charge on any atom is 0.193 e. The molecule has 3 N–H and O–H groups in total. The van der Waals surface area contributed by atoms with Gasteiger partial charge in [0.2, 0.25) is 0 Å². The first-order valence-corrected chi connectivity index (χ1v) is 8.84. The fourth-order valence-electron chi connectivity index (χ4n) is 2.73. The highest BCUT2D eigenvalue weighted by atomic mass is 16.5. The monoisotopic (exact) mass is 355 g/mol. The van der Waals surface area contributed by atoms with Gasteiger partial charge in [0.15, 0.2) is 17.5 Å². The highest BCUT2D eigenvalue weighted by Gasteiger charge is 2.11. The van der Waals surface area contributed by atoms with Crippen LogP contribution in [0.4, 0.5) is 5.69 Å². The predicted molar refractivity (Wildman–Crippen MR) is 103 cm³/mol. The molecule has 2 aromatic rings. The number of benzene rings is 2. The Morgan fingerprint density at radius 2 is 1.96 bits per heavy atom.